The van der Waals surface area contributed by atoms with E-state index >= 15 is 0 Å². The molecule has 5 heteroatoms. The van der Waals surface area contributed by atoms with Crippen LogP contribution in [0.3, 0.4) is 0 Å². The summed E-state index contributed by atoms with van der Waals surface area (Å²) in [6.45, 7) is 6.41. The number of carbonyl (C=O) groups excluding carboxylic acids is 1. The van der Waals surface area contributed by atoms with Crippen LogP contribution in [-0.4, -0.2) is 40.6 Å². The molecule has 0 radical (unpaired) electrons. The topological polar surface area (TPSA) is 69.6 Å². The Labute approximate surface area is 121 Å². The lowest BCUT2D eigenvalue weighted by Crippen LogP contribution is -2.49. The van der Waals surface area contributed by atoms with Gasteiger partial charge in [-0.15, -0.1) is 0 Å². The lowest BCUT2D eigenvalue weighted by molar-refractivity contribution is -0.138. The predicted molar refractivity (Wildman–Crippen MR) is 78.7 cm³/mol. The Bertz CT molecular complexity index is 325. The first-order valence-electron chi connectivity index (χ1n) is 7.76. The van der Waals surface area contributed by atoms with Gasteiger partial charge in [0.15, 0.2) is 0 Å². The molecule has 5 nitrogen and oxygen atoms in total. The molecule has 0 saturated heterocycles. The quantitative estimate of drug-likeness (QED) is 0.788. The lowest BCUT2D eigenvalue weighted by atomic mass is 9.84. The van der Waals surface area contributed by atoms with Crippen molar-refractivity contribution in [1.29, 1.82) is 0 Å². The molecule has 1 aliphatic rings. The summed E-state index contributed by atoms with van der Waals surface area (Å²) in [4.78, 5) is 24.6. The van der Waals surface area contributed by atoms with Crippen LogP contribution in [0, 0.1) is 5.92 Å². The molecular weight excluding hydrogens is 256 g/mol. The molecule has 0 spiro atoms. The Morgan fingerprint density at radius 3 is 2.30 bits per heavy atom. The van der Waals surface area contributed by atoms with E-state index in [1.807, 2.05) is 6.92 Å². The average molecular weight is 284 g/mol. The van der Waals surface area contributed by atoms with E-state index in [-0.39, 0.29) is 24.5 Å². The second kappa shape index (κ2) is 8.12. The van der Waals surface area contributed by atoms with Crippen LogP contribution < -0.4 is 5.32 Å². The highest BCUT2D eigenvalue weighted by atomic mass is 16.4. The summed E-state index contributed by atoms with van der Waals surface area (Å²) >= 11 is 0. The number of hydrogen-bond acceptors (Lipinski definition) is 2. The summed E-state index contributed by atoms with van der Waals surface area (Å²) in [5.74, 6) is -0.0661. The van der Waals surface area contributed by atoms with Gasteiger partial charge in [-0.3, -0.25) is 4.79 Å². The van der Waals surface area contributed by atoms with Gasteiger partial charge in [0.1, 0.15) is 0 Å². The van der Waals surface area contributed by atoms with Crippen molar-refractivity contribution in [3.05, 3.63) is 0 Å². The van der Waals surface area contributed by atoms with Gasteiger partial charge in [0.05, 0.1) is 6.42 Å². The number of aliphatic carboxylic acids is 1. The van der Waals surface area contributed by atoms with E-state index in [2.05, 4.69) is 12.2 Å². The molecule has 0 heterocycles. The summed E-state index contributed by atoms with van der Waals surface area (Å²) in [6, 6.07) is -0.151. The highest BCUT2D eigenvalue weighted by Crippen LogP contribution is 2.26. The van der Waals surface area contributed by atoms with Gasteiger partial charge in [-0.1, -0.05) is 13.3 Å². The Balaban J connectivity index is 2.45. The van der Waals surface area contributed by atoms with E-state index < -0.39 is 5.97 Å². The number of nitrogens with zero attached hydrogens (tertiary/aromatic N) is 1. The summed E-state index contributed by atoms with van der Waals surface area (Å²) < 4.78 is 0. The molecule has 1 rings (SSSR count). The molecule has 1 aliphatic carbocycles. The number of urea groups is 1. The Morgan fingerprint density at radius 2 is 1.85 bits per heavy atom. The van der Waals surface area contributed by atoms with E-state index in [4.69, 9.17) is 5.11 Å². The van der Waals surface area contributed by atoms with Crippen molar-refractivity contribution in [2.45, 2.75) is 71.4 Å². The first-order chi connectivity index (χ1) is 9.47. The maximum Gasteiger partial charge on any atom is 0.317 e. The number of carboxylic acids is 1. The van der Waals surface area contributed by atoms with Crippen LogP contribution in [-0.2, 0) is 4.79 Å². The van der Waals surface area contributed by atoms with Gasteiger partial charge >= 0.3 is 12.0 Å². The highest BCUT2D eigenvalue weighted by Gasteiger charge is 2.25. The van der Waals surface area contributed by atoms with Crippen molar-refractivity contribution in [1.82, 2.24) is 10.2 Å². The molecule has 0 aromatic heterocycles. The molecule has 1 unspecified atom stereocenters. The van der Waals surface area contributed by atoms with Crippen LogP contribution in [0.2, 0.25) is 0 Å². The van der Waals surface area contributed by atoms with Gasteiger partial charge in [0.2, 0.25) is 0 Å². The second-order valence-corrected chi connectivity index (χ2v) is 5.81. The van der Waals surface area contributed by atoms with E-state index in [1.54, 1.807) is 11.8 Å². The molecule has 0 aromatic carbocycles. The fraction of sp³-hybridized carbons (Fsp3) is 0.867. The summed E-state index contributed by atoms with van der Waals surface area (Å²) in [6.07, 6.45) is 5.64. The van der Waals surface area contributed by atoms with Gasteiger partial charge in [0.25, 0.3) is 0 Å². The van der Waals surface area contributed by atoms with Crippen LogP contribution in [0.4, 0.5) is 4.79 Å². The summed E-state index contributed by atoms with van der Waals surface area (Å²) in [5.41, 5.74) is 0. The maximum absolute atomic E-state index is 12.2. The number of carbonyl (C=O) groups is 2. The first kappa shape index (κ1) is 16.8. The smallest absolute Gasteiger partial charge is 0.317 e. The summed E-state index contributed by atoms with van der Waals surface area (Å²) in [7, 11) is 0. The SMILES string of the molecule is CCC1CCC(NC(=O)N(CC)C(C)CC(=O)O)CC1. The molecule has 0 bridgehead atoms. The zero-order valence-electron chi connectivity index (χ0n) is 12.9. The largest absolute Gasteiger partial charge is 0.481 e. The van der Waals surface area contributed by atoms with Crippen LogP contribution in [0.5, 0.6) is 0 Å². The van der Waals surface area contributed by atoms with E-state index in [1.165, 1.54) is 19.3 Å². The maximum atomic E-state index is 12.2. The van der Waals surface area contributed by atoms with Crippen molar-refractivity contribution in [2.75, 3.05) is 6.54 Å². The zero-order valence-corrected chi connectivity index (χ0v) is 12.9. The fourth-order valence-corrected chi connectivity index (χ4v) is 2.99. The molecule has 0 aromatic rings. The van der Waals surface area contributed by atoms with Crippen molar-refractivity contribution >= 4 is 12.0 Å². The third-order valence-electron chi connectivity index (χ3n) is 4.36. The molecule has 0 aliphatic heterocycles. The van der Waals surface area contributed by atoms with Crippen LogP contribution >= 0.6 is 0 Å². The fourth-order valence-electron chi connectivity index (χ4n) is 2.99. The average Bonchev–Trinajstić information content (AvgIpc) is 2.39. The monoisotopic (exact) mass is 284 g/mol. The predicted octanol–water partition coefficient (Wildman–Crippen LogP) is 2.85. The number of nitrogens with one attached hydrogen (secondary N) is 1. The molecule has 20 heavy (non-hydrogen) atoms. The van der Waals surface area contributed by atoms with Crippen LogP contribution in [0.1, 0.15) is 59.3 Å². The first-order valence-corrected chi connectivity index (χ1v) is 7.76. The molecule has 1 fully saturated rings. The highest BCUT2D eigenvalue weighted by molar-refractivity contribution is 5.76. The van der Waals surface area contributed by atoms with E-state index in [0.29, 0.717) is 6.54 Å². The minimum Gasteiger partial charge on any atom is -0.481 e. The number of carboxylic acid groups (broad SMARTS) is 1. The number of rotatable bonds is 6. The normalized spacial score (nSPS) is 23.9. The van der Waals surface area contributed by atoms with E-state index in [0.717, 1.165) is 18.8 Å². The molecule has 1 atom stereocenters. The van der Waals surface area contributed by atoms with Crippen molar-refractivity contribution in [3.8, 4) is 0 Å². The minimum absolute atomic E-state index is 0.0101. The molecular formula is C15H28N2O3. The summed E-state index contributed by atoms with van der Waals surface area (Å²) in [5, 5.41) is 11.9. The van der Waals surface area contributed by atoms with Gasteiger partial charge in [0, 0.05) is 18.6 Å². The Hall–Kier alpha value is -1.26. The van der Waals surface area contributed by atoms with Crippen molar-refractivity contribution in [2.24, 2.45) is 5.92 Å². The van der Waals surface area contributed by atoms with Gasteiger partial charge in [-0.2, -0.15) is 0 Å². The molecule has 1 saturated carbocycles. The van der Waals surface area contributed by atoms with Gasteiger partial charge in [-0.25, -0.2) is 4.79 Å². The Morgan fingerprint density at radius 1 is 1.25 bits per heavy atom. The van der Waals surface area contributed by atoms with E-state index in [9.17, 15) is 9.59 Å². The standard InChI is InChI=1S/C15H28N2O3/c1-4-12-6-8-13(9-7-12)16-15(20)17(5-2)11(3)10-14(18)19/h11-13H,4-10H2,1-3H3,(H,16,20)(H,18,19). The van der Waals surface area contributed by atoms with Gasteiger partial charge in [-0.05, 0) is 45.4 Å². The third kappa shape index (κ3) is 5.02. The minimum atomic E-state index is -0.868. The molecule has 116 valence electrons. The molecule has 2 amide bonds. The number of hydrogen-bond donors (Lipinski definition) is 2. The van der Waals surface area contributed by atoms with Gasteiger partial charge < -0.3 is 15.3 Å². The zero-order chi connectivity index (χ0) is 15.1. The van der Waals surface area contributed by atoms with Crippen molar-refractivity contribution in [3.63, 3.8) is 0 Å². The number of amides is 2. The van der Waals surface area contributed by atoms with Crippen molar-refractivity contribution < 1.29 is 14.7 Å². The third-order valence-corrected chi connectivity index (χ3v) is 4.36. The van der Waals surface area contributed by atoms with Crippen LogP contribution in [0.15, 0.2) is 0 Å². The molecule has 2 N–H and O–H groups in total. The van der Waals surface area contributed by atoms with Crippen LogP contribution in [0.25, 0.3) is 0 Å². The lowest BCUT2D eigenvalue weighted by Gasteiger charge is -2.32. The Kier molecular flexibility index (Phi) is 6.82. The second-order valence-electron chi connectivity index (χ2n) is 5.81.